The lowest BCUT2D eigenvalue weighted by atomic mass is 10.1. The Bertz CT molecular complexity index is 1170. The smallest absolute Gasteiger partial charge is 0.410 e. The quantitative estimate of drug-likeness (QED) is 0.592. The van der Waals surface area contributed by atoms with E-state index in [0.717, 1.165) is 29.0 Å². The Morgan fingerprint density at radius 3 is 2.55 bits per heavy atom. The Labute approximate surface area is 194 Å². The molecule has 8 nitrogen and oxygen atoms in total. The summed E-state index contributed by atoms with van der Waals surface area (Å²) in [7, 11) is 0. The molecule has 1 amide bonds. The third-order valence-corrected chi connectivity index (χ3v) is 6.31. The average molecular weight is 449 g/mol. The maximum atomic E-state index is 12.5. The zero-order valence-corrected chi connectivity index (χ0v) is 19.9. The van der Waals surface area contributed by atoms with Gasteiger partial charge in [0.15, 0.2) is 0 Å². The van der Waals surface area contributed by atoms with Crippen molar-refractivity contribution in [1.82, 2.24) is 24.4 Å². The molecule has 0 spiro atoms. The number of aromatic nitrogens is 4. The fraction of sp³-hybridized carbons (Fsp3) is 0.520. The monoisotopic (exact) mass is 448 g/mol. The molecule has 3 aromatic rings. The Morgan fingerprint density at radius 2 is 1.88 bits per heavy atom. The highest BCUT2D eigenvalue weighted by molar-refractivity contribution is 5.93. The van der Waals surface area contributed by atoms with Gasteiger partial charge in [-0.1, -0.05) is 6.92 Å². The summed E-state index contributed by atoms with van der Waals surface area (Å²) in [4.78, 5) is 30.4. The van der Waals surface area contributed by atoms with Crippen LogP contribution in [-0.2, 0) is 11.2 Å². The number of nitrogens with zero attached hydrogens (tertiary/aromatic N) is 6. The zero-order chi connectivity index (χ0) is 23.2. The summed E-state index contributed by atoms with van der Waals surface area (Å²) >= 11 is 0. The molecule has 174 valence electrons. The molecule has 2 aliphatic rings. The van der Waals surface area contributed by atoms with Crippen LogP contribution >= 0.6 is 0 Å². The predicted molar refractivity (Wildman–Crippen MR) is 128 cm³/mol. The molecule has 33 heavy (non-hydrogen) atoms. The van der Waals surface area contributed by atoms with Crippen LogP contribution in [0.4, 0.5) is 10.6 Å². The predicted octanol–water partition coefficient (Wildman–Crippen LogP) is 4.31. The van der Waals surface area contributed by atoms with Gasteiger partial charge in [-0.3, -0.25) is 9.55 Å². The fourth-order valence-corrected chi connectivity index (χ4v) is 4.44. The molecule has 2 fully saturated rings. The molecule has 4 heterocycles. The number of carbonyl (C=O) groups is 1. The van der Waals surface area contributed by atoms with Gasteiger partial charge in [-0.25, -0.2) is 14.8 Å². The molecule has 1 saturated heterocycles. The Kier molecular flexibility index (Phi) is 5.46. The van der Waals surface area contributed by atoms with Crippen LogP contribution in [0.1, 0.15) is 57.6 Å². The van der Waals surface area contributed by atoms with Crippen molar-refractivity contribution in [3.05, 3.63) is 42.1 Å². The number of anilines is 1. The highest BCUT2D eigenvalue weighted by Crippen LogP contribution is 2.46. The van der Waals surface area contributed by atoms with Gasteiger partial charge >= 0.3 is 6.09 Å². The number of rotatable bonds is 4. The van der Waals surface area contributed by atoms with E-state index in [4.69, 9.17) is 14.7 Å². The first-order chi connectivity index (χ1) is 15.8. The third kappa shape index (κ3) is 4.38. The van der Waals surface area contributed by atoms with Crippen molar-refractivity contribution in [3.63, 3.8) is 0 Å². The maximum absolute atomic E-state index is 12.5. The summed E-state index contributed by atoms with van der Waals surface area (Å²) < 4.78 is 7.72. The van der Waals surface area contributed by atoms with Gasteiger partial charge in [-0.15, -0.1) is 0 Å². The average Bonchev–Trinajstić information content (AvgIpc) is 3.57. The van der Waals surface area contributed by atoms with E-state index in [9.17, 15) is 4.79 Å². The second kappa shape index (κ2) is 8.32. The summed E-state index contributed by atoms with van der Waals surface area (Å²) in [6.45, 7) is 10.5. The number of hydrogen-bond acceptors (Lipinski definition) is 6. The van der Waals surface area contributed by atoms with Gasteiger partial charge in [0.2, 0.25) is 0 Å². The second-order valence-corrected chi connectivity index (χ2v) is 9.98. The minimum absolute atomic E-state index is 0.247. The molecule has 0 radical (unpaired) electrons. The normalized spacial score (nSPS) is 17.0. The second-order valence-electron chi connectivity index (χ2n) is 9.98. The van der Waals surface area contributed by atoms with Crippen LogP contribution in [0.5, 0.6) is 0 Å². The highest BCUT2D eigenvalue weighted by Gasteiger charge is 2.32. The summed E-state index contributed by atoms with van der Waals surface area (Å²) in [5.74, 6) is 1.52. The molecule has 1 saturated carbocycles. The zero-order valence-electron chi connectivity index (χ0n) is 19.9. The number of fused-ring (bicyclic) bond motifs is 1. The van der Waals surface area contributed by atoms with Gasteiger partial charge in [0.05, 0.1) is 17.3 Å². The number of aryl methyl sites for hydroxylation is 1. The number of ether oxygens (including phenoxy) is 1. The lowest BCUT2D eigenvalue weighted by molar-refractivity contribution is 0.0240. The van der Waals surface area contributed by atoms with E-state index in [2.05, 4.69) is 33.6 Å². The molecule has 0 N–H and O–H groups in total. The van der Waals surface area contributed by atoms with E-state index in [0.29, 0.717) is 32.1 Å². The van der Waals surface area contributed by atoms with Crippen LogP contribution in [0.15, 0.2) is 31.0 Å². The first-order valence-corrected chi connectivity index (χ1v) is 11.9. The van der Waals surface area contributed by atoms with Gasteiger partial charge in [-0.2, -0.15) is 0 Å². The van der Waals surface area contributed by atoms with Crippen molar-refractivity contribution >= 4 is 22.9 Å². The van der Waals surface area contributed by atoms with Crippen LogP contribution in [0.3, 0.4) is 0 Å². The van der Waals surface area contributed by atoms with Crippen LogP contribution in [0, 0.1) is 0 Å². The van der Waals surface area contributed by atoms with E-state index in [1.54, 1.807) is 11.2 Å². The molecule has 3 aromatic heterocycles. The molecule has 1 aliphatic heterocycles. The molecule has 8 heteroatoms. The van der Waals surface area contributed by atoms with Gasteiger partial charge in [0.25, 0.3) is 0 Å². The Hall–Kier alpha value is -3.16. The first-order valence-electron chi connectivity index (χ1n) is 11.9. The number of hydrogen-bond donors (Lipinski definition) is 0. The first kappa shape index (κ1) is 21.7. The van der Waals surface area contributed by atoms with Gasteiger partial charge in [0.1, 0.15) is 23.4 Å². The van der Waals surface area contributed by atoms with Crippen LogP contribution in [0.2, 0.25) is 0 Å². The lowest BCUT2D eigenvalue weighted by Gasteiger charge is -2.36. The number of pyridine rings is 1. The maximum Gasteiger partial charge on any atom is 0.410 e. The summed E-state index contributed by atoms with van der Waals surface area (Å²) in [5.41, 5.74) is 3.99. The molecular weight excluding hydrogens is 416 g/mol. The van der Waals surface area contributed by atoms with Gasteiger partial charge in [-0.05, 0) is 63.1 Å². The van der Waals surface area contributed by atoms with E-state index in [1.165, 1.54) is 24.0 Å². The standard InChI is InChI=1S/C25H32N6O2/c1-5-17-12-19(14-26-13-17)31-15-20(18-6-7-18)21-22(27-16-28-23(21)31)29-8-10-30(11-9-29)24(32)33-25(2,3)4/h12-16,18H,5-11H2,1-4H3. The van der Waals surface area contributed by atoms with E-state index >= 15 is 0 Å². The molecular formula is C25H32N6O2. The highest BCUT2D eigenvalue weighted by atomic mass is 16.6. The number of carbonyl (C=O) groups excluding carboxylic acids is 1. The molecule has 0 atom stereocenters. The van der Waals surface area contributed by atoms with Crippen molar-refractivity contribution in [2.45, 2.75) is 58.5 Å². The molecule has 0 unspecified atom stereocenters. The summed E-state index contributed by atoms with van der Waals surface area (Å²) in [5, 5.41) is 1.13. The topological polar surface area (TPSA) is 76.4 Å². The Morgan fingerprint density at radius 1 is 1.12 bits per heavy atom. The van der Waals surface area contributed by atoms with Crippen molar-refractivity contribution in [2.75, 3.05) is 31.1 Å². The molecule has 1 aliphatic carbocycles. The summed E-state index contributed by atoms with van der Waals surface area (Å²) in [6, 6.07) is 2.19. The van der Waals surface area contributed by atoms with Crippen molar-refractivity contribution < 1.29 is 9.53 Å². The Balaban J connectivity index is 1.46. The van der Waals surface area contributed by atoms with Crippen molar-refractivity contribution in [3.8, 4) is 5.69 Å². The minimum Gasteiger partial charge on any atom is -0.444 e. The van der Waals surface area contributed by atoms with E-state index < -0.39 is 5.60 Å². The largest absolute Gasteiger partial charge is 0.444 e. The van der Waals surface area contributed by atoms with Gasteiger partial charge < -0.3 is 14.5 Å². The number of amides is 1. The fourth-order valence-electron chi connectivity index (χ4n) is 4.44. The molecule has 5 rings (SSSR count). The van der Waals surface area contributed by atoms with Crippen molar-refractivity contribution in [2.24, 2.45) is 0 Å². The number of piperazine rings is 1. The summed E-state index contributed by atoms with van der Waals surface area (Å²) in [6.07, 6.45) is 10.8. The van der Waals surface area contributed by atoms with E-state index in [1.807, 2.05) is 33.2 Å². The molecule has 0 aromatic carbocycles. The minimum atomic E-state index is -0.487. The van der Waals surface area contributed by atoms with Gasteiger partial charge in [0, 0.05) is 38.6 Å². The van der Waals surface area contributed by atoms with E-state index in [-0.39, 0.29) is 6.09 Å². The van der Waals surface area contributed by atoms with Crippen LogP contribution in [0.25, 0.3) is 16.7 Å². The molecule has 0 bridgehead atoms. The van der Waals surface area contributed by atoms with Crippen LogP contribution < -0.4 is 4.90 Å². The SMILES string of the molecule is CCc1cncc(-n2cc(C3CC3)c3c(N4CCN(C(=O)OC(C)(C)C)CC4)ncnc32)c1. The van der Waals surface area contributed by atoms with Crippen molar-refractivity contribution in [1.29, 1.82) is 0 Å². The lowest BCUT2D eigenvalue weighted by Crippen LogP contribution is -2.50. The van der Waals surface area contributed by atoms with Crippen LogP contribution in [-0.4, -0.2) is 62.3 Å². The third-order valence-electron chi connectivity index (χ3n) is 6.31.